The molecule has 0 aliphatic heterocycles. The van der Waals surface area contributed by atoms with Crippen LogP contribution < -0.4 is 15.4 Å². The SMILES string of the molecule is CC(C)Oc1ccccc1Nc1cncc(C(=O)NCCCN(C)C)c1. The molecule has 2 N–H and O–H groups in total. The van der Waals surface area contributed by atoms with Crippen molar-refractivity contribution in [3.63, 3.8) is 0 Å². The minimum absolute atomic E-state index is 0.0790. The summed E-state index contributed by atoms with van der Waals surface area (Å²) >= 11 is 0. The van der Waals surface area contributed by atoms with E-state index in [1.54, 1.807) is 18.5 Å². The van der Waals surface area contributed by atoms with E-state index < -0.39 is 0 Å². The Kier molecular flexibility index (Phi) is 7.41. The first-order valence-corrected chi connectivity index (χ1v) is 8.86. The first-order valence-electron chi connectivity index (χ1n) is 8.86. The summed E-state index contributed by atoms with van der Waals surface area (Å²) in [5.41, 5.74) is 2.11. The lowest BCUT2D eigenvalue weighted by Crippen LogP contribution is -2.27. The van der Waals surface area contributed by atoms with Gasteiger partial charge in [-0.05, 0) is 59.1 Å². The van der Waals surface area contributed by atoms with Gasteiger partial charge in [0.05, 0.1) is 29.2 Å². The molecule has 1 amide bonds. The Morgan fingerprint density at radius 1 is 1.23 bits per heavy atom. The molecular weight excluding hydrogens is 328 g/mol. The Morgan fingerprint density at radius 3 is 2.73 bits per heavy atom. The fourth-order valence-corrected chi connectivity index (χ4v) is 2.41. The maximum Gasteiger partial charge on any atom is 0.252 e. The monoisotopic (exact) mass is 356 g/mol. The lowest BCUT2D eigenvalue weighted by Gasteiger charge is -2.15. The molecule has 0 unspecified atom stereocenters. The molecule has 0 bridgehead atoms. The van der Waals surface area contributed by atoms with Gasteiger partial charge >= 0.3 is 0 Å². The van der Waals surface area contributed by atoms with Gasteiger partial charge in [0.25, 0.3) is 5.91 Å². The average molecular weight is 356 g/mol. The number of nitrogens with one attached hydrogen (secondary N) is 2. The van der Waals surface area contributed by atoms with Crippen LogP contribution in [0, 0.1) is 0 Å². The second-order valence-electron chi connectivity index (χ2n) is 6.66. The van der Waals surface area contributed by atoms with E-state index in [0.29, 0.717) is 12.1 Å². The Bertz CT molecular complexity index is 716. The van der Waals surface area contributed by atoms with Crippen molar-refractivity contribution < 1.29 is 9.53 Å². The van der Waals surface area contributed by atoms with Crippen molar-refractivity contribution in [3.05, 3.63) is 48.3 Å². The highest BCUT2D eigenvalue weighted by Crippen LogP contribution is 2.28. The maximum atomic E-state index is 12.3. The molecule has 26 heavy (non-hydrogen) atoms. The molecule has 2 rings (SSSR count). The summed E-state index contributed by atoms with van der Waals surface area (Å²) in [7, 11) is 4.03. The zero-order chi connectivity index (χ0) is 18.9. The number of hydrogen-bond donors (Lipinski definition) is 2. The second kappa shape index (κ2) is 9.77. The molecule has 0 spiro atoms. The van der Waals surface area contributed by atoms with E-state index in [-0.39, 0.29) is 12.0 Å². The van der Waals surface area contributed by atoms with E-state index in [1.807, 2.05) is 52.2 Å². The summed E-state index contributed by atoms with van der Waals surface area (Å²) in [4.78, 5) is 18.6. The number of amides is 1. The third kappa shape index (κ3) is 6.37. The number of ether oxygens (including phenoxy) is 1. The fraction of sp³-hybridized carbons (Fsp3) is 0.400. The van der Waals surface area contributed by atoms with Crippen LogP contribution in [-0.2, 0) is 0 Å². The highest BCUT2D eigenvalue weighted by atomic mass is 16.5. The molecule has 1 heterocycles. The third-order valence-electron chi connectivity index (χ3n) is 3.60. The summed E-state index contributed by atoms with van der Waals surface area (Å²) in [5.74, 6) is 0.646. The zero-order valence-corrected chi connectivity index (χ0v) is 16.0. The van der Waals surface area contributed by atoms with E-state index in [1.165, 1.54) is 0 Å². The van der Waals surface area contributed by atoms with Crippen LogP contribution in [0.15, 0.2) is 42.7 Å². The first kappa shape index (κ1) is 19.7. The minimum atomic E-state index is -0.119. The maximum absolute atomic E-state index is 12.3. The summed E-state index contributed by atoms with van der Waals surface area (Å²) in [6.45, 7) is 5.55. The molecule has 0 saturated carbocycles. The normalized spacial score (nSPS) is 10.8. The molecule has 6 nitrogen and oxygen atoms in total. The number of carbonyl (C=O) groups is 1. The summed E-state index contributed by atoms with van der Waals surface area (Å²) in [5, 5.41) is 6.21. The molecule has 1 aromatic carbocycles. The molecule has 0 fully saturated rings. The topological polar surface area (TPSA) is 66.5 Å². The number of carbonyl (C=O) groups excluding carboxylic acids is 1. The van der Waals surface area contributed by atoms with Crippen LogP contribution in [0.4, 0.5) is 11.4 Å². The average Bonchev–Trinajstić information content (AvgIpc) is 2.60. The van der Waals surface area contributed by atoms with Gasteiger partial charge in [-0.3, -0.25) is 9.78 Å². The molecule has 6 heteroatoms. The second-order valence-corrected chi connectivity index (χ2v) is 6.66. The van der Waals surface area contributed by atoms with Crippen molar-refractivity contribution in [3.8, 4) is 5.75 Å². The van der Waals surface area contributed by atoms with Gasteiger partial charge in [0, 0.05) is 12.7 Å². The van der Waals surface area contributed by atoms with E-state index in [0.717, 1.165) is 30.1 Å². The smallest absolute Gasteiger partial charge is 0.252 e. The van der Waals surface area contributed by atoms with Crippen LogP contribution in [0.2, 0.25) is 0 Å². The van der Waals surface area contributed by atoms with E-state index in [9.17, 15) is 4.79 Å². The van der Waals surface area contributed by atoms with Crippen molar-refractivity contribution >= 4 is 17.3 Å². The molecule has 2 aromatic rings. The number of benzene rings is 1. The molecule has 0 radical (unpaired) electrons. The van der Waals surface area contributed by atoms with Crippen LogP contribution in [0.25, 0.3) is 0 Å². The molecule has 0 aliphatic carbocycles. The molecule has 1 aromatic heterocycles. The quantitative estimate of drug-likeness (QED) is 0.675. The summed E-state index contributed by atoms with van der Waals surface area (Å²) < 4.78 is 5.81. The van der Waals surface area contributed by atoms with E-state index >= 15 is 0 Å². The van der Waals surface area contributed by atoms with Gasteiger partial charge in [0.2, 0.25) is 0 Å². The third-order valence-corrected chi connectivity index (χ3v) is 3.60. The number of hydrogen-bond acceptors (Lipinski definition) is 5. The van der Waals surface area contributed by atoms with Crippen molar-refractivity contribution in [1.82, 2.24) is 15.2 Å². The van der Waals surface area contributed by atoms with Crippen LogP contribution in [0.1, 0.15) is 30.6 Å². The van der Waals surface area contributed by atoms with Crippen molar-refractivity contribution in [2.45, 2.75) is 26.4 Å². The Balaban J connectivity index is 2.02. The first-order chi connectivity index (χ1) is 12.5. The van der Waals surface area contributed by atoms with Crippen LogP contribution in [-0.4, -0.2) is 49.1 Å². The molecule has 0 saturated heterocycles. The largest absolute Gasteiger partial charge is 0.489 e. The number of nitrogens with zero attached hydrogens (tertiary/aromatic N) is 2. The van der Waals surface area contributed by atoms with E-state index in [2.05, 4.69) is 20.5 Å². The van der Waals surface area contributed by atoms with E-state index in [4.69, 9.17) is 4.74 Å². The highest BCUT2D eigenvalue weighted by molar-refractivity contribution is 5.94. The standard InChI is InChI=1S/C20H28N4O2/c1-15(2)26-19-9-6-5-8-18(19)23-17-12-16(13-21-14-17)20(25)22-10-7-11-24(3)4/h5-6,8-9,12-15,23H,7,10-11H2,1-4H3,(H,22,25). The number of rotatable bonds is 9. The number of para-hydroxylation sites is 2. The van der Waals surface area contributed by atoms with Crippen molar-refractivity contribution in [2.24, 2.45) is 0 Å². The van der Waals surface area contributed by atoms with Gasteiger partial charge < -0.3 is 20.3 Å². The van der Waals surface area contributed by atoms with Crippen molar-refractivity contribution in [1.29, 1.82) is 0 Å². The summed E-state index contributed by atoms with van der Waals surface area (Å²) in [6.07, 6.45) is 4.25. The number of pyridine rings is 1. The molecule has 0 aliphatic rings. The highest BCUT2D eigenvalue weighted by Gasteiger charge is 2.09. The fourth-order valence-electron chi connectivity index (χ4n) is 2.41. The Hall–Kier alpha value is -2.60. The Labute approximate surface area is 155 Å². The number of anilines is 2. The van der Waals surface area contributed by atoms with Gasteiger partial charge in [-0.15, -0.1) is 0 Å². The van der Waals surface area contributed by atoms with Gasteiger partial charge in [-0.2, -0.15) is 0 Å². The lowest BCUT2D eigenvalue weighted by atomic mass is 10.2. The van der Waals surface area contributed by atoms with Crippen LogP contribution in [0.5, 0.6) is 5.75 Å². The molecule has 140 valence electrons. The predicted molar refractivity (Wildman–Crippen MR) is 105 cm³/mol. The Morgan fingerprint density at radius 2 is 2.00 bits per heavy atom. The minimum Gasteiger partial charge on any atom is -0.489 e. The summed E-state index contributed by atoms with van der Waals surface area (Å²) in [6, 6.07) is 9.51. The van der Waals surface area contributed by atoms with Crippen LogP contribution >= 0.6 is 0 Å². The van der Waals surface area contributed by atoms with Gasteiger partial charge in [0.1, 0.15) is 5.75 Å². The van der Waals surface area contributed by atoms with Gasteiger partial charge in [-0.25, -0.2) is 0 Å². The lowest BCUT2D eigenvalue weighted by molar-refractivity contribution is 0.0952. The molecular formula is C20H28N4O2. The van der Waals surface area contributed by atoms with Crippen LogP contribution in [0.3, 0.4) is 0 Å². The van der Waals surface area contributed by atoms with Crippen molar-refractivity contribution in [2.75, 3.05) is 32.5 Å². The number of aromatic nitrogens is 1. The predicted octanol–water partition coefficient (Wildman–Crippen LogP) is 3.29. The zero-order valence-electron chi connectivity index (χ0n) is 16.0. The van der Waals surface area contributed by atoms with Gasteiger partial charge in [-0.1, -0.05) is 12.1 Å². The molecule has 0 atom stereocenters. The van der Waals surface area contributed by atoms with Gasteiger partial charge in [0.15, 0.2) is 0 Å².